The van der Waals surface area contributed by atoms with E-state index >= 15 is 0 Å². The maximum Gasteiger partial charge on any atom is 0.573 e. The summed E-state index contributed by atoms with van der Waals surface area (Å²) >= 11 is 0. The molecule has 4 rings (SSSR count). The van der Waals surface area contributed by atoms with Gasteiger partial charge in [-0.2, -0.15) is 0 Å². The lowest BCUT2D eigenvalue weighted by molar-refractivity contribution is -0.274. The predicted molar refractivity (Wildman–Crippen MR) is 125 cm³/mol. The molecular formula is C25H30F3N3O4. The number of hydrogen-bond acceptors (Lipinski definition) is 5. The summed E-state index contributed by atoms with van der Waals surface area (Å²) in [5.41, 5.74) is 1.57. The Hall–Kier alpha value is -3.14. The van der Waals surface area contributed by atoms with Crippen LogP contribution in [0.3, 0.4) is 0 Å². The SMILES string of the molecule is COc1ccc([C@@]23CC[C@H](NC(=O)Nc4ccc(OC(F)(F)F)cc4)C[C@@H]2N(C)CC3)cc1OC. The molecule has 0 bridgehead atoms. The first-order chi connectivity index (χ1) is 16.6. The molecule has 1 saturated heterocycles. The number of methoxy groups -OCH3 is 2. The van der Waals surface area contributed by atoms with Gasteiger partial charge in [0.15, 0.2) is 11.5 Å². The number of urea groups is 1. The third-order valence-electron chi connectivity index (χ3n) is 7.17. The fraction of sp³-hybridized carbons (Fsp3) is 0.480. The topological polar surface area (TPSA) is 72.1 Å². The van der Waals surface area contributed by atoms with Gasteiger partial charge in [-0.3, -0.25) is 0 Å². The Balaban J connectivity index is 1.41. The number of nitrogens with one attached hydrogen (secondary N) is 2. The number of alkyl halides is 3. The average molecular weight is 494 g/mol. The number of likely N-dealkylation sites (tertiary alicyclic amines) is 1. The number of carbonyl (C=O) groups excluding carboxylic acids is 1. The first-order valence-corrected chi connectivity index (χ1v) is 11.5. The lowest BCUT2D eigenvalue weighted by atomic mass is 9.65. The van der Waals surface area contributed by atoms with Crippen molar-refractivity contribution in [3.05, 3.63) is 48.0 Å². The van der Waals surface area contributed by atoms with Crippen LogP contribution in [0, 0.1) is 0 Å². The van der Waals surface area contributed by atoms with Crippen LogP contribution in [0.25, 0.3) is 0 Å². The maximum absolute atomic E-state index is 12.6. The highest BCUT2D eigenvalue weighted by Crippen LogP contribution is 2.49. The third-order valence-corrected chi connectivity index (χ3v) is 7.17. The Morgan fingerprint density at radius 3 is 2.43 bits per heavy atom. The van der Waals surface area contributed by atoms with Crippen LogP contribution in [0.2, 0.25) is 0 Å². The molecule has 2 aliphatic rings. The van der Waals surface area contributed by atoms with Crippen molar-refractivity contribution >= 4 is 11.7 Å². The quantitative estimate of drug-likeness (QED) is 0.598. The normalized spacial score (nSPS) is 24.4. The van der Waals surface area contributed by atoms with E-state index in [0.717, 1.165) is 44.4 Å². The molecule has 1 aliphatic heterocycles. The zero-order valence-electron chi connectivity index (χ0n) is 19.9. The molecule has 2 aromatic carbocycles. The highest BCUT2D eigenvalue weighted by molar-refractivity contribution is 5.89. The Bertz CT molecular complexity index is 1050. The van der Waals surface area contributed by atoms with Gasteiger partial charge in [-0.05, 0) is 81.2 Å². The van der Waals surface area contributed by atoms with E-state index in [1.165, 1.54) is 17.7 Å². The number of ether oxygens (including phenoxy) is 3. The molecule has 0 aromatic heterocycles. The summed E-state index contributed by atoms with van der Waals surface area (Å²) in [4.78, 5) is 14.9. The fourth-order valence-corrected chi connectivity index (χ4v) is 5.49. The number of amides is 2. The molecule has 10 heteroatoms. The van der Waals surface area contributed by atoms with Crippen molar-refractivity contribution in [1.82, 2.24) is 10.2 Å². The predicted octanol–water partition coefficient (Wildman–Crippen LogP) is 4.92. The average Bonchev–Trinajstić information content (AvgIpc) is 3.16. The molecule has 1 heterocycles. The highest BCUT2D eigenvalue weighted by atomic mass is 19.4. The molecule has 3 atom stereocenters. The first-order valence-electron chi connectivity index (χ1n) is 11.5. The minimum Gasteiger partial charge on any atom is -0.493 e. The monoisotopic (exact) mass is 493 g/mol. The number of carbonyl (C=O) groups is 1. The van der Waals surface area contributed by atoms with Crippen LogP contribution >= 0.6 is 0 Å². The fourth-order valence-electron chi connectivity index (χ4n) is 5.49. The Kier molecular flexibility index (Phi) is 7.02. The Morgan fingerprint density at radius 2 is 1.77 bits per heavy atom. The summed E-state index contributed by atoms with van der Waals surface area (Å²) in [7, 11) is 5.36. The van der Waals surface area contributed by atoms with Gasteiger partial charge in [0.25, 0.3) is 0 Å². The van der Waals surface area contributed by atoms with Crippen LogP contribution in [0.15, 0.2) is 42.5 Å². The van der Waals surface area contributed by atoms with E-state index in [9.17, 15) is 18.0 Å². The number of anilines is 1. The molecule has 7 nitrogen and oxygen atoms in total. The largest absolute Gasteiger partial charge is 0.573 e. The molecular weight excluding hydrogens is 463 g/mol. The molecule has 0 radical (unpaired) electrons. The minimum atomic E-state index is -4.76. The molecule has 0 unspecified atom stereocenters. The minimum absolute atomic E-state index is 0.0262. The van der Waals surface area contributed by atoms with Crippen LogP contribution in [0.4, 0.5) is 23.7 Å². The number of nitrogens with zero attached hydrogens (tertiary/aromatic N) is 1. The zero-order valence-corrected chi connectivity index (χ0v) is 19.9. The second-order valence-corrected chi connectivity index (χ2v) is 9.11. The van der Waals surface area contributed by atoms with Crippen LogP contribution in [0.1, 0.15) is 31.2 Å². The van der Waals surface area contributed by atoms with Crippen molar-refractivity contribution in [3.8, 4) is 17.2 Å². The molecule has 1 saturated carbocycles. The summed E-state index contributed by atoms with van der Waals surface area (Å²) in [6.07, 6.45) is -1.23. The van der Waals surface area contributed by atoms with Crippen LogP contribution < -0.4 is 24.8 Å². The van der Waals surface area contributed by atoms with Gasteiger partial charge in [0.2, 0.25) is 0 Å². The van der Waals surface area contributed by atoms with E-state index in [-0.39, 0.29) is 23.2 Å². The van der Waals surface area contributed by atoms with Crippen molar-refractivity contribution in [2.24, 2.45) is 0 Å². The molecule has 2 N–H and O–H groups in total. The van der Waals surface area contributed by atoms with Gasteiger partial charge in [-0.1, -0.05) is 6.07 Å². The third kappa shape index (κ3) is 5.42. The first kappa shape index (κ1) is 25.0. The summed E-state index contributed by atoms with van der Waals surface area (Å²) in [5.74, 6) is 1.06. The van der Waals surface area contributed by atoms with E-state index in [2.05, 4.69) is 39.5 Å². The van der Waals surface area contributed by atoms with Gasteiger partial charge in [0.1, 0.15) is 5.75 Å². The van der Waals surface area contributed by atoms with E-state index in [0.29, 0.717) is 17.2 Å². The summed E-state index contributed by atoms with van der Waals surface area (Å²) in [6, 6.07) is 11.0. The van der Waals surface area contributed by atoms with E-state index in [1.54, 1.807) is 14.2 Å². The number of rotatable bonds is 6. The van der Waals surface area contributed by atoms with Crippen molar-refractivity contribution in [2.75, 3.05) is 33.1 Å². The van der Waals surface area contributed by atoms with Crippen molar-refractivity contribution in [2.45, 2.75) is 49.5 Å². The lowest BCUT2D eigenvalue weighted by Crippen LogP contribution is -2.52. The van der Waals surface area contributed by atoms with Crippen LogP contribution in [-0.2, 0) is 5.41 Å². The number of fused-ring (bicyclic) bond motifs is 1. The molecule has 2 amide bonds. The maximum atomic E-state index is 12.6. The van der Waals surface area contributed by atoms with Gasteiger partial charge < -0.3 is 29.7 Å². The Labute approximate surface area is 202 Å². The molecule has 2 aromatic rings. The van der Waals surface area contributed by atoms with Gasteiger partial charge >= 0.3 is 12.4 Å². The summed E-state index contributed by atoms with van der Waals surface area (Å²) in [6.45, 7) is 0.963. The van der Waals surface area contributed by atoms with Crippen LogP contribution in [0.5, 0.6) is 17.2 Å². The number of benzene rings is 2. The number of halogens is 3. The molecule has 35 heavy (non-hydrogen) atoms. The molecule has 190 valence electrons. The second-order valence-electron chi connectivity index (χ2n) is 9.11. The number of hydrogen-bond donors (Lipinski definition) is 2. The van der Waals surface area contributed by atoms with Crippen molar-refractivity contribution in [3.63, 3.8) is 0 Å². The van der Waals surface area contributed by atoms with Crippen LogP contribution in [-0.4, -0.2) is 57.2 Å². The van der Waals surface area contributed by atoms with Gasteiger partial charge in [-0.25, -0.2) is 4.79 Å². The summed E-state index contributed by atoms with van der Waals surface area (Å²) in [5, 5.41) is 5.72. The Morgan fingerprint density at radius 1 is 1.06 bits per heavy atom. The van der Waals surface area contributed by atoms with Gasteiger partial charge in [0.05, 0.1) is 14.2 Å². The standard InChI is InChI=1S/C25H30F3N3O4/c1-31-13-12-24(16-4-9-20(33-2)21(14-16)34-3)11-10-18(15-22(24)31)30-23(32)29-17-5-7-19(8-6-17)35-25(26,27)28/h4-9,14,18,22H,10-13,15H2,1-3H3,(H2,29,30,32)/t18-,22-,24-/m0/s1. The van der Waals surface area contributed by atoms with E-state index in [4.69, 9.17) is 9.47 Å². The van der Waals surface area contributed by atoms with E-state index < -0.39 is 12.4 Å². The van der Waals surface area contributed by atoms with Crippen molar-refractivity contribution < 1.29 is 32.2 Å². The smallest absolute Gasteiger partial charge is 0.493 e. The van der Waals surface area contributed by atoms with Crippen molar-refractivity contribution in [1.29, 1.82) is 0 Å². The highest BCUT2D eigenvalue weighted by Gasteiger charge is 2.50. The number of likely N-dealkylation sites (N-methyl/N-ethyl adjacent to an activating group) is 1. The second kappa shape index (κ2) is 9.85. The lowest BCUT2D eigenvalue weighted by Gasteiger charge is -2.45. The molecule has 1 aliphatic carbocycles. The zero-order chi connectivity index (χ0) is 25.2. The van der Waals surface area contributed by atoms with E-state index in [1.807, 2.05) is 6.07 Å². The molecule has 2 fully saturated rings. The molecule has 0 spiro atoms. The summed E-state index contributed by atoms with van der Waals surface area (Å²) < 4.78 is 51.8. The van der Waals surface area contributed by atoms with Gasteiger partial charge in [-0.15, -0.1) is 13.2 Å². The van der Waals surface area contributed by atoms with Gasteiger partial charge in [0, 0.05) is 23.2 Å².